The maximum atomic E-state index is 12.2. The maximum Gasteiger partial charge on any atom is 0.260 e. The van der Waals surface area contributed by atoms with Gasteiger partial charge in [-0.1, -0.05) is 24.6 Å². The van der Waals surface area contributed by atoms with Crippen molar-refractivity contribution in [3.63, 3.8) is 0 Å². The maximum absolute atomic E-state index is 12.2. The van der Waals surface area contributed by atoms with Crippen molar-refractivity contribution in [2.75, 3.05) is 19.7 Å². The first-order chi connectivity index (χ1) is 13.8. The van der Waals surface area contributed by atoms with Crippen molar-refractivity contribution in [2.24, 2.45) is 0 Å². The number of rotatable bonds is 7. The number of amides is 1. The number of fused-ring (bicyclic) bond motifs is 1. The molecule has 1 fully saturated rings. The summed E-state index contributed by atoms with van der Waals surface area (Å²) in [6.45, 7) is 4.17. The van der Waals surface area contributed by atoms with E-state index in [1.54, 1.807) is 0 Å². The van der Waals surface area contributed by atoms with Crippen LogP contribution in [0.15, 0.2) is 24.3 Å². The summed E-state index contributed by atoms with van der Waals surface area (Å²) in [6.07, 6.45) is 6.87. The van der Waals surface area contributed by atoms with Crippen LogP contribution in [-0.4, -0.2) is 45.3 Å². The zero-order chi connectivity index (χ0) is 19.2. The first-order valence-corrected chi connectivity index (χ1v) is 10.4. The van der Waals surface area contributed by atoms with E-state index >= 15 is 0 Å². The summed E-state index contributed by atoms with van der Waals surface area (Å²) in [4.78, 5) is 14.1. The van der Waals surface area contributed by atoms with E-state index in [4.69, 9.17) is 4.74 Å². The Labute approximate surface area is 166 Å². The third-order valence-electron chi connectivity index (χ3n) is 5.57. The molecule has 0 saturated carbocycles. The standard InChI is InChI=1S/C21H29N5O2/c27-21(25-11-6-7-12-25)16-28-18-9-4-3-8-17(18)14-22-15-20-24-23-19-10-2-1-5-13-26(19)20/h3-4,8-9,22H,1-2,5-7,10-16H2. The molecule has 7 nitrogen and oxygen atoms in total. The highest BCUT2D eigenvalue weighted by Gasteiger charge is 2.19. The van der Waals surface area contributed by atoms with E-state index in [-0.39, 0.29) is 12.5 Å². The molecule has 4 rings (SSSR count). The Kier molecular flexibility index (Phi) is 6.21. The lowest BCUT2D eigenvalue weighted by Crippen LogP contribution is -2.32. The molecule has 1 saturated heterocycles. The third kappa shape index (κ3) is 4.52. The lowest BCUT2D eigenvalue weighted by molar-refractivity contribution is -0.132. The minimum absolute atomic E-state index is 0.0754. The largest absolute Gasteiger partial charge is 0.483 e. The Bertz CT molecular complexity index is 798. The van der Waals surface area contributed by atoms with Gasteiger partial charge in [0, 0.05) is 38.2 Å². The zero-order valence-corrected chi connectivity index (χ0v) is 16.4. The van der Waals surface area contributed by atoms with Gasteiger partial charge in [-0.25, -0.2) is 0 Å². The average molecular weight is 383 g/mol. The first-order valence-electron chi connectivity index (χ1n) is 10.4. The van der Waals surface area contributed by atoms with Crippen molar-refractivity contribution in [1.29, 1.82) is 0 Å². The van der Waals surface area contributed by atoms with Crippen LogP contribution in [0.5, 0.6) is 5.75 Å². The summed E-state index contributed by atoms with van der Waals surface area (Å²) < 4.78 is 8.10. The second kappa shape index (κ2) is 9.19. The van der Waals surface area contributed by atoms with Gasteiger partial charge in [-0.05, 0) is 31.7 Å². The van der Waals surface area contributed by atoms with Crippen LogP contribution in [0.3, 0.4) is 0 Å². The molecule has 0 spiro atoms. The molecule has 1 N–H and O–H groups in total. The molecule has 0 unspecified atom stereocenters. The van der Waals surface area contributed by atoms with Gasteiger partial charge < -0.3 is 19.5 Å². The van der Waals surface area contributed by atoms with Crippen LogP contribution in [0.4, 0.5) is 0 Å². The summed E-state index contributed by atoms with van der Waals surface area (Å²) in [6, 6.07) is 7.90. The van der Waals surface area contributed by atoms with E-state index in [1.807, 2.05) is 29.2 Å². The highest BCUT2D eigenvalue weighted by molar-refractivity contribution is 5.78. The van der Waals surface area contributed by atoms with Gasteiger partial charge in [0.2, 0.25) is 0 Å². The van der Waals surface area contributed by atoms with Gasteiger partial charge in [0.15, 0.2) is 6.61 Å². The molecule has 7 heteroatoms. The van der Waals surface area contributed by atoms with Gasteiger partial charge in [-0.15, -0.1) is 10.2 Å². The Morgan fingerprint density at radius 1 is 1.00 bits per heavy atom. The molecule has 1 amide bonds. The summed E-state index contributed by atoms with van der Waals surface area (Å²) in [5.74, 6) is 2.95. The van der Waals surface area contributed by atoms with Gasteiger partial charge in [-0.2, -0.15) is 0 Å². The van der Waals surface area contributed by atoms with E-state index < -0.39 is 0 Å². The fourth-order valence-corrected chi connectivity index (χ4v) is 3.97. The molecule has 0 bridgehead atoms. The molecule has 150 valence electrons. The number of aromatic nitrogens is 3. The molecular weight excluding hydrogens is 354 g/mol. The summed E-state index contributed by atoms with van der Waals surface area (Å²) in [7, 11) is 0. The van der Waals surface area contributed by atoms with Crippen LogP contribution in [0.2, 0.25) is 0 Å². The number of ether oxygens (including phenoxy) is 1. The summed E-state index contributed by atoms with van der Waals surface area (Å²) in [5.41, 5.74) is 1.05. The van der Waals surface area contributed by atoms with Crippen LogP contribution in [0, 0.1) is 0 Å². The van der Waals surface area contributed by atoms with Crippen molar-refractivity contribution >= 4 is 5.91 Å². The van der Waals surface area contributed by atoms with Crippen LogP contribution < -0.4 is 10.1 Å². The fraction of sp³-hybridized carbons (Fsp3) is 0.571. The van der Waals surface area contributed by atoms with Crippen LogP contribution in [0.25, 0.3) is 0 Å². The Hall–Kier alpha value is -2.41. The number of nitrogens with one attached hydrogen (secondary N) is 1. The minimum atomic E-state index is 0.0754. The minimum Gasteiger partial charge on any atom is -0.483 e. The second-order valence-electron chi connectivity index (χ2n) is 7.58. The zero-order valence-electron chi connectivity index (χ0n) is 16.4. The molecule has 2 aromatic rings. The monoisotopic (exact) mass is 383 g/mol. The van der Waals surface area contributed by atoms with Crippen molar-refractivity contribution in [2.45, 2.75) is 58.2 Å². The number of likely N-dealkylation sites (tertiary alicyclic amines) is 1. The number of benzene rings is 1. The molecule has 0 atom stereocenters. The van der Waals surface area contributed by atoms with E-state index in [0.29, 0.717) is 13.1 Å². The Morgan fingerprint density at radius 3 is 2.71 bits per heavy atom. The summed E-state index contributed by atoms with van der Waals surface area (Å²) >= 11 is 0. The van der Waals surface area contributed by atoms with Crippen LogP contribution >= 0.6 is 0 Å². The smallest absolute Gasteiger partial charge is 0.260 e. The van der Waals surface area contributed by atoms with Gasteiger partial charge in [0.25, 0.3) is 5.91 Å². The summed E-state index contributed by atoms with van der Waals surface area (Å²) in [5, 5.41) is 12.2. The molecule has 28 heavy (non-hydrogen) atoms. The lowest BCUT2D eigenvalue weighted by Gasteiger charge is -2.17. The number of aryl methyl sites for hydroxylation is 1. The number of hydrogen-bond donors (Lipinski definition) is 1. The molecule has 3 heterocycles. The average Bonchev–Trinajstić information content (AvgIpc) is 3.33. The molecule has 2 aliphatic heterocycles. The van der Waals surface area contributed by atoms with Crippen molar-refractivity contribution in [1.82, 2.24) is 25.0 Å². The fourth-order valence-electron chi connectivity index (χ4n) is 3.97. The van der Waals surface area contributed by atoms with Crippen molar-refractivity contribution < 1.29 is 9.53 Å². The Balaban J connectivity index is 1.31. The number of carbonyl (C=O) groups is 1. The SMILES string of the molecule is O=C(COc1ccccc1CNCc1nnc2n1CCCCC2)N1CCCC1. The van der Waals surface area contributed by atoms with Gasteiger partial charge in [-0.3, -0.25) is 4.79 Å². The topological polar surface area (TPSA) is 72.3 Å². The van der Waals surface area contributed by atoms with E-state index in [0.717, 1.165) is 61.9 Å². The highest BCUT2D eigenvalue weighted by Crippen LogP contribution is 2.19. The van der Waals surface area contributed by atoms with E-state index in [1.165, 1.54) is 19.3 Å². The highest BCUT2D eigenvalue weighted by atomic mass is 16.5. The van der Waals surface area contributed by atoms with E-state index in [2.05, 4.69) is 20.1 Å². The molecule has 1 aromatic heterocycles. The van der Waals surface area contributed by atoms with Crippen molar-refractivity contribution in [3.05, 3.63) is 41.5 Å². The first kappa shape index (κ1) is 18.9. The van der Waals surface area contributed by atoms with Crippen molar-refractivity contribution in [3.8, 4) is 5.75 Å². The predicted molar refractivity (Wildman–Crippen MR) is 106 cm³/mol. The van der Waals surface area contributed by atoms with Gasteiger partial charge in [0.05, 0.1) is 6.54 Å². The van der Waals surface area contributed by atoms with E-state index in [9.17, 15) is 4.79 Å². The number of para-hydroxylation sites is 1. The number of nitrogens with zero attached hydrogens (tertiary/aromatic N) is 4. The number of carbonyl (C=O) groups excluding carboxylic acids is 1. The van der Waals surface area contributed by atoms with Crippen LogP contribution in [-0.2, 0) is 30.8 Å². The molecule has 0 radical (unpaired) electrons. The third-order valence-corrected chi connectivity index (χ3v) is 5.57. The van der Waals surface area contributed by atoms with Gasteiger partial charge in [0.1, 0.15) is 17.4 Å². The molecule has 2 aliphatic rings. The molecular formula is C21H29N5O2. The quantitative estimate of drug-likeness (QED) is 0.794. The molecule has 1 aromatic carbocycles. The van der Waals surface area contributed by atoms with Gasteiger partial charge >= 0.3 is 0 Å². The number of hydrogen-bond acceptors (Lipinski definition) is 5. The van der Waals surface area contributed by atoms with Crippen LogP contribution in [0.1, 0.15) is 49.3 Å². The Morgan fingerprint density at radius 2 is 1.82 bits per heavy atom. The molecule has 0 aliphatic carbocycles. The predicted octanol–water partition coefficient (Wildman–Crippen LogP) is 2.30. The second-order valence-corrected chi connectivity index (χ2v) is 7.58. The lowest BCUT2D eigenvalue weighted by atomic mass is 10.2. The normalized spacial score (nSPS) is 16.6.